The predicted octanol–water partition coefficient (Wildman–Crippen LogP) is 4.85. The van der Waals surface area contributed by atoms with Gasteiger partial charge >= 0.3 is 6.03 Å². The van der Waals surface area contributed by atoms with Crippen molar-refractivity contribution in [2.75, 3.05) is 6.54 Å². The first kappa shape index (κ1) is 36.4. The molecule has 1 aliphatic heterocycles. The molecule has 0 spiro atoms. The molecule has 2 aliphatic rings. The highest BCUT2D eigenvalue weighted by molar-refractivity contribution is 5.93. The number of allylic oxidation sites excluding steroid dienone is 1. The lowest BCUT2D eigenvalue weighted by Crippen LogP contribution is -2.61. The number of amides is 5. The Morgan fingerprint density at radius 2 is 1.73 bits per heavy atom. The maximum Gasteiger partial charge on any atom is 0.315 e. The fourth-order valence-electron chi connectivity index (χ4n) is 5.64. The SMILES string of the molecule is CC/C=C(/C)C(CC1CC1)NC(=O)C1CCCN1C(=O)C(NC(=O)NC(C)(C)Cc1ccccc1N=O)C(C)(C)C.NC=O. The van der Waals surface area contributed by atoms with Gasteiger partial charge in [-0.2, -0.15) is 0 Å². The van der Waals surface area contributed by atoms with Gasteiger partial charge < -0.3 is 26.6 Å². The molecule has 3 rings (SSSR count). The van der Waals surface area contributed by atoms with E-state index in [0.717, 1.165) is 24.8 Å². The van der Waals surface area contributed by atoms with E-state index in [9.17, 15) is 19.3 Å². The lowest BCUT2D eigenvalue weighted by atomic mass is 9.85. The van der Waals surface area contributed by atoms with Crippen LogP contribution >= 0.6 is 0 Å². The summed E-state index contributed by atoms with van der Waals surface area (Å²) in [5, 5.41) is 12.2. The van der Waals surface area contributed by atoms with Crippen molar-refractivity contribution in [3.8, 4) is 0 Å². The maximum absolute atomic E-state index is 13.9. The average molecular weight is 613 g/mol. The second kappa shape index (κ2) is 16.4. The highest BCUT2D eigenvalue weighted by atomic mass is 16.3. The van der Waals surface area contributed by atoms with Gasteiger partial charge in [0, 0.05) is 12.1 Å². The summed E-state index contributed by atoms with van der Waals surface area (Å²) in [5.41, 5.74) is 5.09. The molecule has 3 unspecified atom stereocenters. The molecule has 0 aromatic heterocycles. The molecule has 2 fully saturated rings. The Labute approximate surface area is 262 Å². The second-order valence-electron chi connectivity index (χ2n) is 13.6. The van der Waals surface area contributed by atoms with Gasteiger partial charge in [0.1, 0.15) is 17.8 Å². The molecule has 1 saturated carbocycles. The van der Waals surface area contributed by atoms with Crippen molar-refractivity contribution in [2.24, 2.45) is 22.2 Å². The number of hydrogen-bond acceptors (Lipinski definition) is 6. The number of urea groups is 1. The molecule has 5 amide bonds. The third-order valence-electron chi connectivity index (χ3n) is 8.06. The van der Waals surface area contributed by atoms with Gasteiger partial charge in [-0.05, 0) is 81.0 Å². The number of carbonyl (C=O) groups is 4. The number of carbonyl (C=O) groups excluding carboxylic acids is 4. The number of likely N-dealkylation sites (tertiary alicyclic amines) is 1. The summed E-state index contributed by atoms with van der Waals surface area (Å²) in [5.74, 6) is 0.284. The largest absolute Gasteiger partial charge is 0.372 e. The Kier molecular flexibility index (Phi) is 13.5. The second-order valence-corrected chi connectivity index (χ2v) is 13.6. The first-order chi connectivity index (χ1) is 20.7. The van der Waals surface area contributed by atoms with Crippen LogP contribution in [0.25, 0.3) is 0 Å². The summed E-state index contributed by atoms with van der Waals surface area (Å²) in [6.07, 6.45) is 8.40. The average Bonchev–Trinajstić information content (AvgIpc) is 3.62. The van der Waals surface area contributed by atoms with Crippen molar-refractivity contribution in [3.63, 3.8) is 0 Å². The van der Waals surface area contributed by atoms with E-state index in [1.54, 1.807) is 17.0 Å². The van der Waals surface area contributed by atoms with Gasteiger partial charge in [-0.1, -0.05) is 70.4 Å². The van der Waals surface area contributed by atoms with Crippen molar-refractivity contribution in [3.05, 3.63) is 46.4 Å². The summed E-state index contributed by atoms with van der Waals surface area (Å²) in [6.45, 7) is 14.1. The van der Waals surface area contributed by atoms with Crippen LogP contribution in [0.1, 0.15) is 92.6 Å². The molecule has 1 aliphatic carbocycles. The minimum absolute atomic E-state index is 0.0170. The van der Waals surface area contributed by atoms with Crippen molar-refractivity contribution >= 4 is 29.9 Å². The first-order valence-electron chi connectivity index (χ1n) is 15.6. The Morgan fingerprint density at radius 3 is 2.30 bits per heavy atom. The molecule has 44 heavy (non-hydrogen) atoms. The van der Waals surface area contributed by atoms with E-state index in [1.165, 1.54) is 18.4 Å². The molecule has 5 N–H and O–H groups in total. The van der Waals surface area contributed by atoms with Gasteiger partial charge in [0.2, 0.25) is 18.2 Å². The number of nitrogens with one attached hydrogen (secondary N) is 3. The predicted molar refractivity (Wildman–Crippen MR) is 173 cm³/mol. The molecule has 0 bridgehead atoms. The zero-order chi connectivity index (χ0) is 33.1. The summed E-state index contributed by atoms with van der Waals surface area (Å²) in [4.78, 5) is 62.1. The van der Waals surface area contributed by atoms with Gasteiger partial charge in [-0.3, -0.25) is 14.4 Å². The molecular formula is C33H52N6O5. The van der Waals surface area contributed by atoms with Crippen LogP contribution < -0.4 is 21.7 Å². The summed E-state index contributed by atoms with van der Waals surface area (Å²) in [6, 6.07) is 5.14. The molecule has 1 saturated heterocycles. The molecule has 1 aromatic rings. The van der Waals surface area contributed by atoms with Crippen LogP contribution in [-0.4, -0.2) is 59.4 Å². The molecule has 244 valence electrons. The summed E-state index contributed by atoms with van der Waals surface area (Å²) < 4.78 is 0. The van der Waals surface area contributed by atoms with Crippen LogP contribution in [0.2, 0.25) is 0 Å². The third kappa shape index (κ3) is 11.1. The zero-order valence-electron chi connectivity index (χ0n) is 27.4. The van der Waals surface area contributed by atoms with Crippen LogP contribution in [0.3, 0.4) is 0 Å². The van der Waals surface area contributed by atoms with E-state index >= 15 is 0 Å². The van der Waals surface area contributed by atoms with Crippen molar-refractivity contribution in [2.45, 2.75) is 117 Å². The molecule has 1 heterocycles. The monoisotopic (exact) mass is 612 g/mol. The standard InChI is InChI=1S/C32H49N5O4.CH3NO/c1-8-12-21(2)25(19-22-16-17-22)33-28(38)26-15-11-18-37(26)29(39)27(31(3,4)5)34-30(40)35-32(6,7)20-23-13-9-10-14-24(23)36-41;2-1-3/h9-10,12-14,22,25-27H,8,11,15-20H2,1-7H3,(H,33,38)(H2,34,35,40);1H,(H2,2,3)/b21-12-;. The van der Waals surface area contributed by atoms with E-state index in [4.69, 9.17) is 4.79 Å². The fourth-order valence-corrected chi connectivity index (χ4v) is 5.64. The van der Waals surface area contributed by atoms with Crippen LogP contribution in [0.4, 0.5) is 10.5 Å². The Bertz CT molecular complexity index is 1190. The van der Waals surface area contributed by atoms with Gasteiger partial charge in [-0.15, -0.1) is 4.91 Å². The Morgan fingerprint density at radius 1 is 1.09 bits per heavy atom. The number of nitrogens with zero attached hydrogens (tertiary/aromatic N) is 2. The van der Waals surface area contributed by atoms with E-state index in [-0.39, 0.29) is 24.3 Å². The summed E-state index contributed by atoms with van der Waals surface area (Å²) >= 11 is 0. The van der Waals surface area contributed by atoms with Gasteiger partial charge in [-0.25, -0.2) is 4.79 Å². The quantitative estimate of drug-likeness (QED) is 0.150. The minimum Gasteiger partial charge on any atom is -0.372 e. The highest BCUT2D eigenvalue weighted by Gasteiger charge is 2.43. The molecular weight excluding hydrogens is 560 g/mol. The lowest BCUT2D eigenvalue weighted by Gasteiger charge is -2.37. The number of hydrogen-bond donors (Lipinski definition) is 4. The van der Waals surface area contributed by atoms with E-state index in [1.807, 2.05) is 46.8 Å². The van der Waals surface area contributed by atoms with Crippen molar-refractivity contribution in [1.29, 1.82) is 0 Å². The fraction of sp³-hybridized carbons (Fsp3) is 0.636. The van der Waals surface area contributed by atoms with Crippen molar-refractivity contribution in [1.82, 2.24) is 20.9 Å². The van der Waals surface area contributed by atoms with Crippen LogP contribution in [0.15, 0.2) is 41.1 Å². The zero-order valence-corrected chi connectivity index (χ0v) is 27.4. The van der Waals surface area contributed by atoms with Gasteiger partial charge in [0.25, 0.3) is 0 Å². The van der Waals surface area contributed by atoms with Crippen LogP contribution in [0, 0.1) is 16.2 Å². The van der Waals surface area contributed by atoms with Crippen LogP contribution in [-0.2, 0) is 20.8 Å². The minimum atomic E-state index is -0.834. The van der Waals surface area contributed by atoms with Crippen molar-refractivity contribution < 1.29 is 19.2 Å². The lowest BCUT2D eigenvalue weighted by molar-refractivity contribution is -0.142. The van der Waals surface area contributed by atoms with E-state index in [0.29, 0.717) is 31.0 Å². The maximum atomic E-state index is 13.9. The molecule has 11 heteroatoms. The number of rotatable bonds is 12. The van der Waals surface area contributed by atoms with E-state index in [2.05, 4.69) is 46.8 Å². The molecule has 0 radical (unpaired) electrons. The topological polar surface area (TPSA) is 163 Å². The first-order valence-corrected chi connectivity index (χ1v) is 15.6. The third-order valence-corrected chi connectivity index (χ3v) is 8.06. The number of primary amides is 1. The number of benzene rings is 1. The smallest absolute Gasteiger partial charge is 0.315 e. The number of nitrogens with two attached hydrogens (primary N) is 1. The van der Waals surface area contributed by atoms with Crippen LogP contribution in [0.5, 0.6) is 0 Å². The Balaban J connectivity index is 0.00000216. The molecule has 11 nitrogen and oxygen atoms in total. The van der Waals surface area contributed by atoms with E-state index < -0.39 is 29.1 Å². The highest BCUT2D eigenvalue weighted by Crippen LogP contribution is 2.35. The Hall–Kier alpha value is -3.76. The van der Waals surface area contributed by atoms with Gasteiger partial charge in [0.05, 0.1) is 6.04 Å². The summed E-state index contributed by atoms with van der Waals surface area (Å²) in [7, 11) is 0. The molecule has 1 aromatic carbocycles. The van der Waals surface area contributed by atoms with Gasteiger partial charge in [0.15, 0.2) is 0 Å². The normalized spacial score (nSPS) is 18.3. The number of nitroso groups, excluding NO2 is 1. The molecule has 3 atom stereocenters.